The summed E-state index contributed by atoms with van der Waals surface area (Å²) >= 11 is 1.25. The van der Waals surface area contributed by atoms with E-state index in [9.17, 15) is 18.0 Å². The molecule has 1 amide bonds. The Kier molecular flexibility index (Phi) is 6.90. The van der Waals surface area contributed by atoms with E-state index in [1.807, 2.05) is 47.8 Å². The van der Waals surface area contributed by atoms with Gasteiger partial charge in [-0.3, -0.25) is 14.8 Å². The van der Waals surface area contributed by atoms with Crippen LogP contribution < -0.4 is 5.32 Å². The summed E-state index contributed by atoms with van der Waals surface area (Å²) in [6, 6.07) is 7.62. The number of aromatic nitrogens is 5. The van der Waals surface area contributed by atoms with Crippen molar-refractivity contribution in [2.24, 2.45) is 0 Å². The molecule has 12 heteroatoms. The number of amides is 1. The van der Waals surface area contributed by atoms with Gasteiger partial charge in [0.15, 0.2) is 11.2 Å². The number of benzene rings is 2. The lowest BCUT2D eigenvalue weighted by Crippen LogP contribution is -2.28. The summed E-state index contributed by atoms with van der Waals surface area (Å²) in [5.74, 6) is -0.468. The number of hydrogen-bond acceptors (Lipinski definition) is 6. The third-order valence-electron chi connectivity index (χ3n) is 7.36. The van der Waals surface area contributed by atoms with Crippen molar-refractivity contribution >= 4 is 33.3 Å². The van der Waals surface area contributed by atoms with Crippen molar-refractivity contribution in [2.75, 3.05) is 19.4 Å². The van der Waals surface area contributed by atoms with E-state index >= 15 is 0 Å². The van der Waals surface area contributed by atoms with Crippen LogP contribution in [0, 0.1) is 6.92 Å². The van der Waals surface area contributed by atoms with Crippen LogP contribution in [0.4, 0.5) is 18.3 Å². The second-order valence-electron chi connectivity index (χ2n) is 10.5. The summed E-state index contributed by atoms with van der Waals surface area (Å²) in [4.78, 5) is 24.4. The maximum absolute atomic E-state index is 14.5. The maximum Gasteiger partial charge on any atom is 0.417 e. The van der Waals surface area contributed by atoms with Gasteiger partial charge in [-0.15, -0.1) is 11.3 Å². The molecule has 0 saturated heterocycles. The third-order valence-corrected chi connectivity index (χ3v) is 8.05. The van der Waals surface area contributed by atoms with Crippen molar-refractivity contribution < 1.29 is 18.0 Å². The van der Waals surface area contributed by atoms with Crippen LogP contribution in [-0.4, -0.2) is 49.2 Å². The topological polar surface area (TPSA) is 80.9 Å². The molecule has 1 atom stereocenters. The number of anilines is 1. The molecule has 0 fully saturated rings. The van der Waals surface area contributed by atoms with Gasteiger partial charge in [0.05, 0.1) is 23.1 Å². The lowest BCUT2D eigenvalue weighted by molar-refractivity contribution is -0.136. The van der Waals surface area contributed by atoms with Crippen LogP contribution in [0.3, 0.4) is 0 Å². The predicted octanol–water partition coefficient (Wildman–Crippen LogP) is 5.92. The van der Waals surface area contributed by atoms with Crippen molar-refractivity contribution in [3.05, 3.63) is 82.5 Å². The first kappa shape index (κ1) is 27.2. The second kappa shape index (κ2) is 10.4. The van der Waals surface area contributed by atoms with E-state index < -0.39 is 23.7 Å². The van der Waals surface area contributed by atoms with Crippen LogP contribution >= 0.6 is 11.3 Å². The first-order valence-electron chi connectivity index (χ1n) is 13.2. The largest absolute Gasteiger partial charge is 0.417 e. The zero-order valence-corrected chi connectivity index (χ0v) is 23.6. The number of rotatable bonds is 7. The summed E-state index contributed by atoms with van der Waals surface area (Å²) in [7, 11) is 3.92. The minimum absolute atomic E-state index is 0.0640. The summed E-state index contributed by atoms with van der Waals surface area (Å²) in [5.41, 5.74) is 3.51. The SMILES string of the molecule is Cc1c(-c2ccc(CN(C)C)cc2)cc(C(F)(F)F)c2cn(C(C(=O)Nc3nccs3)c3ncn4c3CCC4)nc12. The molecule has 1 aliphatic heterocycles. The number of fused-ring (bicyclic) bond motifs is 2. The first-order chi connectivity index (χ1) is 19.6. The highest BCUT2D eigenvalue weighted by atomic mass is 32.1. The average molecular weight is 580 g/mol. The summed E-state index contributed by atoms with van der Waals surface area (Å²) in [5, 5.41) is 9.49. The van der Waals surface area contributed by atoms with Crippen LogP contribution in [-0.2, 0) is 30.5 Å². The first-order valence-corrected chi connectivity index (χ1v) is 14.1. The number of halogens is 3. The summed E-state index contributed by atoms with van der Waals surface area (Å²) in [6.45, 7) is 3.26. The van der Waals surface area contributed by atoms with Gasteiger partial charge in [-0.25, -0.2) is 9.97 Å². The molecule has 3 aromatic heterocycles. The highest BCUT2D eigenvalue weighted by Crippen LogP contribution is 2.41. The van der Waals surface area contributed by atoms with Crippen LogP contribution in [0.2, 0.25) is 0 Å². The van der Waals surface area contributed by atoms with Gasteiger partial charge in [0, 0.05) is 41.9 Å². The molecule has 0 spiro atoms. The Morgan fingerprint density at radius 2 is 1.98 bits per heavy atom. The Morgan fingerprint density at radius 1 is 1.20 bits per heavy atom. The van der Waals surface area contributed by atoms with E-state index in [0.717, 1.165) is 37.2 Å². The van der Waals surface area contributed by atoms with Gasteiger partial charge in [0.25, 0.3) is 5.91 Å². The molecule has 0 bridgehead atoms. The fourth-order valence-electron chi connectivity index (χ4n) is 5.51. The van der Waals surface area contributed by atoms with Gasteiger partial charge < -0.3 is 9.47 Å². The van der Waals surface area contributed by atoms with E-state index in [4.69, 9.17) is 0 Å². The van der Waals surface area contributed by atoms with Crippen molar-refractivity contribution in [3.8, 4) is 11.1 Å². The molecular formula is C29H28F3N7OS. The molecule has 1 aliphatic rings. The van der Waals surface area contributed by atoms with Crippen molar-refractivity contribution in [2.45, 2.75) is 45.1 Å². The smallest absolute Gasteiger partial charge is 0.334 e. The van der Waals surface area contributed by atoms with Crippen LogP contribution in [0.25, 0.3) is 22.0 Å². The van der Waals surface area contributed by atoms with Gasteiger partial charge >= 0.3 is 6.18 Å². The fraction of sp³-hybridized carbons (Fsp3) is 0.310. The number of thiazole rings is 1. The van der Waals surface area contributed by atoms with Gasteiger partial charge in [-0.1, -0.05) is 24.3 Å². The quantitative estimate of drug-likeness (QED) is 0.259. The van der Waals surface area contributed by atoms with Crippen molar-refractivity contribution in [3.63, 3.8) is 0 Å². The average Bonchev–Trinajstić information content (AvgIpc) is 3.71. The molecular weight excluding hydrogens is 551 g/mol. The molecule has 2 aromatic carbocycles. The summed E-state index contributed by atoms with van der Waals surface area (Å²) < 4.78 is 46.7. The van der Waals surface area contributed by atoms with Crippen molar-refractivity contribution in [1.82, 2.24) is 29.2 Å². The molecule has 6 rings (SSSR count). The number of aryl methyl sites for hydroxylation is 2. The molecule has 41 heavy (non-hydrogen) atoms. The second-order valence-corrected chi connectivity index (χ2v) is 11.4. The highest BCUT2D eigenvalue weighted by molar-refractivity contribution is 7.13. The zero-order valence-electron chi connectivity index (χ0n) is 22.7. The molecule has 8 nitrogen and oxygen atoms in total. The van der Waals surface area contributed by atoms with E-state index in [-0.39, 0.29) is 10.9 Å². The molecule has 0 saturated carbocycles. The minimum atomic E-state index is -4.63. The van der Waals surface area contributed by atoms with Gasteiger partial charge in [-0.05, 0) is 62.2 Å². The number of carbonyl (C=O) groups is 1. The molecule has 4 heterocycles. The zero-order chi connectivity index (χ0) is 28.9. The molecule has 212 valence electrons. The molecule has 1 unspecified atom stereocenters. The van der Waals surface area contributed by atoms with E-state index in [2.05, 4.69) is 20.4 Å². The molecule has 5 aromatic rings. The standard InChI is InChI=1S/C29H28F3N7OS/c1-17-20(19-8-6-18(7-9-19)14-37(2)3)13-22(29(30,31)32)21-15-39(36-24(17)21)26(27(40)35-28-33-10-12-41-28)25-23-5-4-11-38(23)16-34-25/h6-10,12-13,15-16,26H,4-5,11,14H2,1-3H3,(H,33,35,40). The third kappa shape index (κ3) is 5.13. The van der Waals surface area contributed by atoms with Gasteiger partial charge in [-0.2, -0.15) is 18.3 Å². The normalized spacial score (nSPS) is 14.1. The number of alkyl halides is 3. The lowest BCUT2D eigenvalue weighted by Gasteiger charge is -2.16. The lowest BCUT2D eigenvalue weighted by atomic mass is 9.94. The Morgan fingerprint density at radius 3 is 2.66 bits per heavy atom. The van der Waals surface area contributed by atoms with E-state index in [1.54, 1.807) is 24.8 Å². The van der Waals surface area contributed by atoms with Gasteiger partial charge in [0.1, 0.15) is 0 Å². The predicted molar refractivity (Wildman–Crippen MR) is 152 cm³/mol. The van der Waals surface area contributed by atoms with Crippen LogP contribution in [0.5, 0.6) is 0 Å². The Labute approximate surface area is 238 Å². The minimum Gasteiger partial charge on any atom is -0.334 e. The Hall–Kier alpha value is -4.03. The summed E-state index contributed by atoms with van der Waals surface area (Å²) in [6.07, 6.45) is 1.56. The molecule has 0 aliphatic carbocycles. The number of carbonyl (C=O) groups excluding carboxylic acids is 1. The van der Waals surface area contributed by atoms with Gasteiger partial charge in [0.2, 0.25) is 0 Å². The number of imidazole rings is 1. The maximum atomic E-state index is 14.5. The molecule has 1 N–H and O–H groups in total. The van der Waals surface area contributed by atoms with Crippen LogP contribution in [0.1, 0.15) is 40.5 Å². The number of nitrogens with one attached hydrogen (secondary N) is 1. The van der Waals surface area contributed by atoms with Crippen molar-refractivity contribution in [1.29, 1.82) is 0 Å². The fourth-order valence-corrected chi connectivity index (χ4v) is 6.04. The van der Waals surface area contributed by atoms with Crippen LogP contribution in [0.15, 0.2) is 54.4 Å². The van der Waals surface area contributed by atoms with E-state index in [0.29, 0.717) is 27.5 Å². The molecule has 0 radical (unpaired) electrons. The van der Waals surface area contributed by atoms with E-state index in [1.165, 1.54) is 28.3 Å². The highest BCUT2D eigenvalue weighted by Gasteiger charge is 2.37. The Balaban J connectivity index is 1.50. The monoisotopic (exact) mass is 579 g/mol. The number of nitrogens with zero attached hydrogens (tertiary/aromatic N) is 6. The Bertz CT molecular complexity index is 1720. The number of hydrogen-bond donors (Lipinski definition) is 1.